The number of carboxylic acids is 1. The second-order valence-electron chi connectivity index (χ2n) is 6.59. The molecule has 24 heavy (non-hydrogen) atoms. The van der Waals surface area contributed by atoms with E-state index in [2.05, 4.69) is 10.6 Å². The van der Waals surface area contributed by atoms with Gasteiger partial charge in [-0.05, 0) is 63.4 Å². The number of ether oxygens (including phenoxy) is 1. The van der Waals surface area contributed by atoms with Crippen molar-refractivity contribution in [3.05, 3.63) is 28.8 Å². The molecule has 0 aromatic heterocycles. The highest BCUT2D eigenvalue weighted by molar-refractivity contribution is 5.80. The maximum absolute atomic E-state index is 11.8. The van der Waals surface area contributed by atoms with Gasteiger partial charge in [0.1, 0.15) is 11.6 Å². The summed E-state index contributed by atoms with van der Waals surface area (Å²) in [6.07, 6.45) is -0.0736. The first-order valence-corrected chi connectivity index (χ1v) is 7.56. The fourth-order valence-electron chi connectivity index (χ4n) is 2.32. The van der Waals surface area contributed by atoms with Crippen molar-refractivity contribution in [1.82, 2.24) is 5.32 Å². The minimum atomic E-state index is -1.14. The van der Waals surface area contributed by atoms with E-state index < -0.39 is 23.7 Å². The summed E-state index contributed by atoms with van der Waals surface area (Å²) in [5.41, 5.74) is 2.39. The van der Waals surface area contributed by atoms with Gasteiger partial charge in [0, 0.05) is 12.1 Å². The van der Waals surface area contributed by atoms with Gasteiger partial charge in [0.2, 0.25) is 6.41 Å². The number of benzene rings is 1. The van der Waals surface area contributed by atoms with Gasteiger partial charge in [-0.15, -0.1) is 0 Å². The van der Waals surface area contributed by atoms with E-state index in [1.54, 1.807) is 32.9 Å². The van der Waals surface area contributed by atoms with Crippen LogP contribution in [0.25, 0.3) is 0 Å². The summed E-state index contributed by atoms with van der Waals surface area (Å²) in [4.78, 5) is 33.8. The predicted molar refractivity (Wildman–Crippen MR) is 90.1 cm³/mol. The molecule has 7 nitrogen and oxygen atoms in total. The number of carbonyl (C=O) groups is 3. The first kappa shape index (κ1) is 19.5. The number of nitrogens with one attached hydrogen (secondary N) is 2. The number of rotatable bonds is 6. The Kier molecular flexibility index (Phi) is 6.34. The molecule has 1 atom stereocenters. The monoisotopic (exact) mass is 336 g/mol. The molecule has 3 N–H and O–H groups in total. The molecule has 1 aromatic rings. The number of carboxylic acid groups (broad SMARTS) is 1. The highest BCUT2D eigenvalue weighted by Crippen LogP contribution is 2.21. The minimum absolute atomic E-state index is 0.119. The van der Waals surface area contributed by atoms with Crippen LogP contribution in [0.4, 0.5) is 10.5 Å². The average Bonchev–Trinajstić information content (AvgIpc) is 2.39. The molecule has 1 aromatic carbocycles. The van der Waals surface area contributed by atoms with Crippen LogP contribution in [0.3, 0.4) is 0 Å². The second-order valence-corrected chi connectivity index (χ2v) is 6.59. The molecule has 0 radical (unpaired) electrons. The molecule has 0 saturated carbocycles. The van der Waals surface area contributed by atoms with Gasteiger partial charge in [0.15, 0.2) is 0 Å². The van der Waals surface area contributed by atoms with Gasteiger partial charge >= 0.3 is 12.1 Å². The van der Waals surface area contributed by atoms with Crippen LogP contribution in [0.1, 0.15) is 37.5 Å². The van der Waals surface area contributed by atoms with Crippen LogP contribution in [0, 0.1) is 13.8 Å². The van der Waals surface area contributed by atoms with E-state index in [1.165, 1.54) is 0 Å². The lowest BCUT2D eigenvalue weighted by Gasteiger charge is -2.23. The second kappa shape index (κ2) is 7.81. The van der Waals surface area contributed by atoms with Crippen LogP contribution in [0.15, 0.2) is 12.1 Å². The minimum Gasteiger partial charge on any atom is -0.480 e. The molecule has 132 valence electrons. The van der Waals surface area contributed by atoms with Crippen LogP contribution in [0.2, 0.25) is 0 Å². The van der Waals surface area contributed by atoms with Gasteiger partial charge in [-0.1, -0.05) is 0 Å². The average molecular weight is 336 g/mol. The van der Waals surface area contributed by atoms with Crippen molar-refractivity contribution in [2.24, 2.45) is 0 Å². The molecule has 0 saturated heterocycles. The number of amides is 2. The fourth-order valence-corrected chi connectivity index (χ4v) is 2.32. The van der Waals surface area contributed by atoms with Crippen molar-refractivity contribution in [2.75, 3.05) is 5.32 Å². The zero-order chi connectivity index (χ0) is 18.5. The Labute approximate surface area is 141 Å². The summed E-state index contributed by atoms with van der Waals surface area (Å²) >= 11 is 0. The summed E-state index contributed by atoms with van der Waals surface area (Å²) in [6.45, 7) is 8.76. The largest absolute Gasteiger partial charge is 0.480 e. The Morgan fingerprint density at radius 1 is 1.25 bits per heavy atom. The molecular weight excluding hydrogens is 312 g/mol. The number of anilines is 1. The normalized spacial score (nSPS) is 12.2. The summed E-state index contributed by atoms with van der Waals surface area (Å²) in [5, 5.41) is 14.3. The van der Waals surface area contributed by atoms with E-state index in [1.807, 2.05) is 13.8 Å². The molecule has 7 heteroatoms. The van der Waals surface area contributed by atoms with Gasteiger partial charge in [0.05, 0.1) is 0 Å². The number of hydrogen-bond acceptors (Lipinski definition) is 4. The Morgan fingerprint density at radius 3 is 2.21 bits per heavy atom. The van der Waals surface area contributed by atoms with Gasteiger partial charge in [-0.2, -0.15) is 0 Å². The molecule has 0 aliphatic heterocycles. The quantitative estimate of drug-likeness (QED) is 0.692. The van der Waals surface area contributed by atoms with Crippen molar-refractivity contribution in [3.63, 3.8) is 0 Å². The van der Waals surface area contributed by atoms with Crippen molar-refractivity contribution >= 4 is 24.2 Å². The van der Waals surface area contributed by atoms with Crippen LogP contribution in [-0.2, 0) is 20.7 Å². The Morgan fingerprint density at radius 2 is 1.79 bits per heavy atom. The highest BCUT2D eigenvalue weighted by Gasteiger charge is 2.25. The van der Waals surface area contributed by atoms with Gasteiger partial charge in [0.25, 0.3) is 0 Å². The molecule has 1 unspecified atom stereocenters. The number of hydrogen-bond donors (Lipinski definition) is 3. The van der Waals surface area contributed by atoms with Gasteiger partial charge in [-0.3, -0.25) is 4.79 Å². The Balaban J connectivity index is 2.95. The third-order valence-electron chi connectivity index (χ3n) is 3.32. The van der Waals surface area contributed by atoms with E-state index in [0.29, 0.717) is 12.1 Å². The molecule has 2 amide bonds. The lowest BCUT2D eigenvalue weighted by Crippen LogP contribution is -2.44. The topological polar surface area (TPSA) is 105 Å². The van der Waals surface area contributed by atoms with Gasteiger partial charge in [-0.25, -0.2) is 9.59 Å². The Bertz CT molecular complexity index is 611. The standard InChI is InChI=1S/C17H24N2O5/c1-10-6-12(18-9-20)7-11(2)13(10)8-14(15(21)22)19-16(23)24-17(3,4)5/h6-7,9,14H,8H2,1-5H3,(H,18,20)(H,19,23)(H,21,22). The maximum atomic E-state index is 11.8. The highest BCUT2D eigenvalue weighted by atomic mass is 16.6. The van der Waals surface area contributed by atoms with E-state index in [-0.39, 0.29) is 6.42 Å². The molecule has 0 fully saturated rings. The van der Waals surface area contributed by atoms with E-state index in [0.717, 1.165) is 16.7 Å². The first-order chi connectivity index (χ1) is 11.0. The zero-order valence-electron chi connectivity index (χ0n) is 14.6. The first-order valence-electron chi connectivity index (χ1n) is 7.56. The summed E-state index contributed by atoms with van der Waals surface area (Å²) < 4.78 is 5.11. The SMILES string of the molecule is Cc1cc(NC=O)cc(C)c1CC(NC(=O)OC(C)(C)C)C(=O)O. The molecule has 0 spiro atoms. The third kappa shape index (κ3) is 5.91. The maximum Gasteiger partial charge on any atom is 0.408 e. The predicted octanol–water partition coefficient (Wildman–Crippen LogP) is 2.39. The van der Waals surface area contributed by atoms with Crippen molar-refractivity contribution < 1.29 is 24.2 Å². The molecule has 0 aliphatic rings. The van der Waals surface area contributed by atoms with Crippen molar-refractivity contribution in [1.29, 1.82) is 0 Å². The summed E-state index contributed by atoms with van der Waals surface area (Å²) in [5.74, 6) is -1.14. The molecule has 1 rings (SSSR count). The fraction of sp³-hybridized carbons (Fsp3) is 0.471. The van der Waals surface area contributed by atoms with Crippen LogP contribution in [0.5, 0.6) is 0 Å². The number of carbonyl (C=O) groups excluding carboxylic acids is 2. The molecule has 0 aliphatic carbocycles. The number of aliphatic carboxylic acids is 1. The van der Waals surface area contributed by atoms with Crippen LogP contribution < -0.4 is 10.6 Å². The number of alkyl carbamates (subject to hydrolysis) is 1. The van der Waals surface area contributed by atoms with Crippen molar-refractivity contribution in [2.45, 2.75) is 52.7 Å². The van der Waals surface area contributed by atoms with Crippen molar-refractivity contribution in [3.8, 4) is 0 Å². The van der Waals surface area contributed by atoms with E-state index in [9.17, 15) is 19.5 Å². The van der Waals surface area contributed by atoms with E-state index in [4.69, 9.17) is 4.74 Å². The lowest BCUT2D eigenvalue weighted by atomic mass is 9.95. The van der Waals surface area contributed by atoms with E-state index >= 15 is 0 Å². The summed E-state index contributed by atoms with van der Waals surface area (Å²) in [6, 6.07) is 2.40. The molecule has 0 bridgehead atoms. The lowest BCUT2D eigenvalue weighted by molar-refractivity contribution is -0.139. The third-order valence-corrected chi connectivity index (χ3v) is 3.32. The summed E-state index contributed by atoms with van der Waals surface area (Å²) in [7, 11) is 0. The smallest absolute Gasteiger partial charge is 0.408 e. The van der Waals surface area contributed by atoms with Gasteiger partial charge < -0.3 is 20.5 Å². The molecular formula is C17H24N2O5. The zero-order valence-corrected chi connectivity index (χ0v) is 14.6. The Hall–Kier alpha value is -2.57. The molecule has 0 heterocycles. The van der Waals surface area contributed by atoms with Crippen LogP contribution in [-0.4, -0.2) is 35.2 Å². The van der Waals surface area contributed by atoms with Crippen LogP contribution >= 0.6 is 0 Å². The number of aryl methyl sites for hydroxylation is 2.